The van der Waals surface area contributed by atoms with Crippen molar-refractivity contribution in [3.05, 3.63) is 0 Å². The minimum atomic E-state index is -0.149. The van der Waals surface area contributed by atoms with Crippen LogP contribution in [0.1, 0.15) is 0 Å². The number of halogens is 2. The van der Waals surface area contributed by atoms with Crippen LogP contribution >= 0.6 is 23.2 Å². The van der Waals surface area contributed by atoms with Crippen LogP contribution in [0.25, 0.3) is 0 Å². The highest BCUT2D eigenvalue weighted by atomic mass is 35.5. The van der Waals surface area contributed by atoms with Gasteiger partial charge >= 0.3 is 0 Å². The van der Waals surface area contributed by atoms with Gasteiger partial charge < -0.3 is 4.57 Å². The summed E-state index contributed by atoms with van der Waals surface area (Å²) in [5, 5.41) is 0. The molecule has 0 N–H and O–H groups in total. The smallest absolute Gasteiger partial charge is 0.106 e. The number of rotatable bonds is 3. The first kappa shape index (κ1) is 8.76. The van der Waals surface area contributed by atoms with Crippen LogP contribution < -0.4 is 0 Å². The SMILES string of the molecule is CN(C)[SiH2]CC(Cl)Cl. The van der Waals surface area contributed by atoms with Crippen LogP contribution in [0.5, 0.6) is 0 Å². The molecular formula is C4H11Cl2NSi. The molecule has 0 aliphatic carbocycles. The number of nitrogens with zero attached hydrogens (tertiary/aromatic N) is 1. The Morgan fingerprint density at radius 2 is 2.00 bits per heavy atom. The Labute approximate surface area is 62.9 Å². The number of hydrogen-bond acceptors (Lipinski definition) is 1. The second-order valence-corrected chi connectivity index (χ2v) is 5.55. The molecule has 0 saturated heterocycles. The molecule has 0 bridgehead atoms. The molecule has 0 spiro atoms. The Morgan fingerprint density at radius 1 is 1.50 bits per heavy atom. The fraction of sp³-hybridized carbons (Fsp3) is 1.00. The molecule has 1 nitrogen and oxygen atoms in total. The van der Waals surface area contributed by atoms with Crippen molar-refractivity contribution in [3.63, 3.8) is 0 Å². The van der Waals surface area contributed by atoms with Gasteiger partial charge in [-0.15, -0.1) is 23.2 Å². The summed E-state index contributed by atoms with van der Waals surface area (Å²) < 4.78 is 2.19. The highest BCUT2D eigenvalue weighted by Crippen LogP contribution is 2.05. The fourth-order valence-corrected chi connectivity index (χ4v) is 1.65. The molecule has 0 aliphatic heterocycles. The standard InChI is InChI=1S/C4H11Cl2NSi/c1-7(2)8-3-4(5)6/h4H,3,8H2,1-2H3. The minimum Gasteiger partial charge on any atom is -0.334 e. The summed E-state index contributed by atoms with van der Waals surface area (Å²) >= 11 is 11.0. The van der Waals surface area contributed by atoms with E-state index in [2.05, 4.69) is 18.7 Å². The molecule has 8 heavy (non-hydrogen) atoms. The molecule has 0 aliphatic rings. The zero-order valence-corrected chi connectivity index (χ0v) is 8.12. The third kappa shape index (κ3) is 6.76. The molecule has 0 radical (unpaired) electrons. The van der Waals surface area contributed by atoms with Gasteiger partial charge in [0.15, 0.2) is 0 Å². The molecule has 0 fully saturated rings. The molecule has 0 aromatic carbocycles. The lowest BCUT2D eigenvalue weighted by molar-refractivity contribution is 0.658. The highest BCUT2D eigenvalue weighted by molar-refractivity contribution is 6.49. The Morgan fingerprint density at radius 3 is 2.12 bits per heavy atom. The van der Waals surface area contributed by atoms with Gasteiger partial charge in [-0.25, -0.2) is 0 Å². The predicted molar refractivity (Wildman–Crippen MR) is 42.5 cm³/mol. The van der Waals surface area contributed by atoms with E-state index in [4.69, 9.17) is 23.2 Å². The van der Waals surface area contributed by atoms with Crippen LogP contribution in [0.15, 0.2) is 0 Å². The summed E-state index contributed by atoms with van der Waals surface area (Å²) in [6.45, 7) is 0. The molecule has 0 aromatic heterocycles. The highest BCUT2D eigenvalue weighted by Gasteiger charge is 1.98. The third-order valence-corrected chi connectivity index (χ3v) is 3.69. The maximum absolute atomic E-state index is 5.50. The van der Waals surface area contributed by atoms with Gasteiger partial charge in [-0.05, 0) is 20.1 Å². The van der Waals surface area contributed by atoms with Crippen LogP contribution in [0, 0.1) is 0 Å². The lowest BCUT2D eigenvalue weighted by Gasteiger charge is -2.07. The molecule has 0 rings (SSSR count). The maximum atomic E-state index is 5.50. The topological polar surface area (TPSA) is 3.24 Å². The summed E-state index contributed by atoms with van der Waals surface area (Å²) in [6, 6.07) is 0.982. The van der Waals surface area contributed by atoms with Crippen LogP contribution in [0.2, 0.25) is 6.04 Å². The van der Waals surface area contributed by atoms with Crippen LogP contribution in [-0.2, 0) is 0 Å². The van der Waals surface area contributed by atoms with E-state index in [-0.39, 0.29) is 14.5 Å². The van der Waals surface area contributed by atoms with Crippen LogP contribution in [0.3, 0.4) is 0 Å². The molecule has 0 saturated carbocycles. The van der Waals surface area contributed by atoms with Gasteiger partial charge in [-0.3, -0.25) is 0 Å². The summed E-state index contributed by atoms with van der Waals surface area (Å²) in [5.74, 6) is 0. The van der Waals surface area contributed by atoms with Crippen molar-refractivity contribution in [2.75, 3.05) is 14.1 Å². The molecule has 0 heterocycles. The second-order valence-electron chi connectivity index (χ2n) is 1.98. The normalized spacial score (nSPS) is 12.8. The molecular weight excluding hydrogens is 161 g/mol. The number of hydrogen-bond donors (Lipinski definition) is 0. The first-order valence-electron chi connectivity index (χ1n) is 2.56. The quantitative estimate of drug-likeness (QED) is 0.450. The fourth-order valence-electron chi connectivity index (χ4n) is 0.356. The van der Waals surface area contributed by atoms with E-state index in [1.54, 1.807) is 0 Å². The van der Waals surface area contributed by atoms with E-state index < -0.39 is 0 Å². The summed E-state index contributed by atoms with van der Waals surface area (Å²) in [5.41, 5.74) is 0. The zero-order chi connectivity index (χ0) is 6.57. The molecule has 0 unspecified atom stereocenters. The Kier molecular flexibility index (Phi) is 5.06. The monoisotopic (exact) mass is 171 g/mol. The molecule has 0 aromatic rings. The van der Waals surface area contributed by atoms with Gasteiger partial charge in [0.1, 0.15) is 4.84 Å². The van der Waals surface area contributed by atoms with E-state index in [1.165, 1.54) is 0 Å². The van der Waals surface area contributed by atoms with Crippen molar-refractivity contribution in [2.45, 2.75) is 10.9 Å². The summed E-state index contributed by atoms with van der Waals surface area (Å²) in [4.78, 5) is -0.149. The average Bonchev–Trinajstić information content (AvgIpc) is 1.61. The molecule has 50 valence electrons. The van der Waals surface area contributed by atoms with Gasteiger partial charge in [0.05, 0.1) is 9.68 Å². The van der Waals surface area contributed by atoms with E-state index in [1.807, 2.05) is 0 Å². The molecule has 0 atom stereocenters. The van der Waals surface area contributed by atoms with Crippen molar-refractivity contribution >= 4 is 32.9 Å². The predicted octanol–water partition coefficient (Wildman–Crippen LogP) is 0.854. The van der Waals surface area contributed by atoms with Crippen molar-refractivity contribution in [1.29, 1.82) is 0 Å². The minimum absolute atomic E-state index is 0.132. The van der Waals surface area contributed by atoms with Gasteiger partial charge in [0, 0.05) is 0 Å². The first-order valence-corrected chi connectivity index (χ1v) is 5.06. The van der Waals surface area contributed by atoms with Crippen molar-refractivity contribution in [1.82, 2.24) is 4.57 Å². The van der Waals surface area contributed by atoms with Gasteiger partial charge in [0.25, 0.3) is 0 Å². The largest absolute Gasteiger partial charge is 0.334 e. The average molecular weight is 172 g/mol. The van der Waals surface area contributed by atoms with Gasteiger partial charge in [-0.1, -0.05) is 0 Å². The lowest BCUT2D eigenvalue weighted by Crippen LogP contribution is -2.18. The lowest BCUT2D eigenvalue weighted by atomic mass is 10.9. The van der Waals surface area contributed by atoms with Gasteiger partial charge in [-0.2, -0.15) is 0 Å². The summed E-state index contributed by atoms with van der Waals surface area (Å²) in [6.07, 6.45) is 0. The van der Waals surface area contributed by atoms with Crippen molar-refractivity contribution in [3.8, 4) is 0 Å². The second kappa shape index (κ2) is 4.62. The first-order chi connectivity index (χ1) is 3.63. The van der Waals surface area contributed by atoms with E-state index in [0.29, 0.717) is 0 Å². The maximum Gasteiger partial charge on any atom is 0.106 e. The van der Waals surface area contributed by atoms with E-state index in [0.717, 1.165) is 6.04 Å². The molecule has 4 heteroatoms. The van der Waals surface area contributed by atoms with Gasteiger partial charge in [0.2, 0.25) is 0 Å². The van der Waals surface area contributed by atoms with E-state index in [9.17, 15) is 0 Å². The van der Waals surface area contributed by atoms with Crippen molar-refractivity contribution in [2.24, 2.45) is 0 Å². The summed E-state index contributed by atoms with van der Waals surface area (Å²) in [7, 11) is 3.98. The Bertz CT molecular complexity index is 50.0. The zero-order valence-electron chi connectivity index (χ0n) is 5.19. The Hall–Kier alpha value is 0.757. The van der Waals surface area contributed by atoms with E-state index >= 15 is 0 Å². The molecule has 0 amide bonds. The third-order valence-electron chi connectivity index (χ3n) is 0.795. The van der Waals surface area contributed by atoms with Crippen LogP contribution in [0.4, 0.5) is 0 Å². The van der Waals surface area contributed by atoms with Crippen LogP contribution in [-0.4, -0.2) is 33.2 Å². The van der Waals surface area contributed by atoms with Crippen molar-refractivity contribution < 1.29 is 0 Å². The Balaban J connectivity index is 2.93. The number of alkyl halides is 2.